The Bertz CT molecular complexity index is 1960. The summed E-state index contributed by atoms with van der Waals surface area (Å²) in [7, 11) is 0. The molecule has 5 rings (SSSR count). The molecule has 0 aliphatic rings. The zero-order chi connectivity index (χ0) is 33.9. The molecule has 10 heteroatoms. The van der Waals surface area contributed by atoms with Crippen molar-refractivity contribution in [2.45, 2.75) is 13.1 Å². The first-order chi connectivity index (χ1) is 23.2. The molecule has 5 aromatic carbocycles. The molecule has 0 fully saturated rings. The summed E-state index contributed by atoms with van der Waals surface area (Å²) in [4.78, 5) is 22.0. The minimum absolute atomic E-state index is 0.0351. The molecule has 0 saturated heterocycles. The van der Waals surface area contributed by atoms with E-state index in [2.05, 4.69) is 34.3 Å². The summed E-state index contributed by atoms with van der Waals surface area (Å²) >= 11 is 11.3. The van der Waals surface area contributed by atoms with Gasteiger partial charge < -0.3 is 10.6 Å². The Morgan fingerprint density at radius 1 is 0.521 bits per heavy atom. The summed E-state index contributed by atoms with van der Waals surface area (Å²) in [5.74, 6) is 12.2. The molecule has 0 atom stereocenters. The Morgan fingerprint density at radius 2 is 0.833 bits per heavy atom. The van der Waals surface area contributed by atoms with Gasteiger partial charge in [-0.1, -0.05) is 90.6 Å². The van der Waals surface area contributed by atoms with Crippen LogP contribution in [0.15, 0.2) is 121 Å². The van der Waals surface area contributed by atoms with Crippen LogP contribution in [0.5, 0.6) is 0 Å². The van der Waals surface area contributed by atoms with E-state index in [9.17, 15) is 20.2 Å². The number of benzene rings is 5. The molecule has 5 aromatic rings. The van der Waals surface area contributed by atoms with E-state index in [4.69, 9.17) is 24.4 Å². The normalized spacial score (nSPS) is 10.0. The highest BCUT2D eigenvalue weighted by Gasteiger charge is 2.07. The van der Waals surface area contributed by atoms with Crippen LogP contribution in [0.1, 0.15) is 44.5 Å². The fraction of sp³-hybridized carbons (Fsp3) is 0.0526. The van der Waals surface area contributed by atoms with Gasteiger partial charge in [0.25, 0.3) is 11.4 Å². The van der Waals surface area contributed by atoms with Crippen LogP contribution < -0.4 is 10.6 Å². The average molecular weight is 667 g/mol. The molecule has 2 N–H and O–H groups in total. The van der Waals surface area contributed by atoms with Crippen LogP contribution in [0.2, 0.25) is 0 Å². The monoisotopic (exact) mass is 666 g/mol. The molecule has 0 bridgehead atoms. The van der Waals surface area contributed by atoms with Crippen LogP contribution >= 0.6 is 24.4 Å². The number of hydrogen-bond acceptors (Lipinski definition) is 6. The molecule has 0 amide bonds. The van der Waals surface area contributed by atoms with Crippen LogP contribution in [0, 0.1) is 43.9 Å². The number of hydrogen-bond donors (Lipinski definition) is 2. The summed E-state index contributed by atoms with van der Waals surface area (Å²) < 4.78 is 0. The number of nitro benzene ring substituents is 2. The molecule has 0 heterocycles. The quantitative estimate of drug-likeness (QED) is 0.0773. The van der Waals surface area contributed by atoms with Crippen molar-refractivity contribution in [3.8, 4) is 23.7 Å². The fourth-order valence-corrected chi connectivity index (χ4v) is 4.80. The van der Waals surface area contributed by atoms with E-state index in [1.165, 1.54) is 24.3 Å². The number of nitro groups is 2. The number of nitrogens with zero attached hydrogens (tertiary/aromatic N) is 2. The third kappa shape index (κ3) is 9.41. The van der Waals surface area contributed by atoms with Gasteiger partial charge in [0.15, 0.2) is 0 Å². The minimum atomic E-state index is -0.435. The highest BCUT2D eigenvalue weighted by molar-refractivity contribution is 7.81. The summed E-state index contributed by atoms with van der Waals surface area (Å²) in [6.07, 6.45) is 0. The Morgan fingerprint density at radius 3 is 1.15 bits per heavy atom. The lowest BCUT2D eigenvalue weighted by molar-refractivity contribution is -0.385. The molecular formula is C38H26N4O4S2. The van der Waals surface area contributed by atoms with Crippen LogP contribution in [0.3, 0.4) is 0 Å². The van der Waals surface area contributed by atoms with Gasteiger partial charge in [-0.05, 0) is 65.7 Å². The van der Waals surface area contributed by atoms with Crippen molar-refractivity contribution in [2.24, 2.45) is 0 Å². The molecule has 0 saturated carbocycles. The standard InChI is InChI=1S/C38H26N4O4S2/c43-41(44)35-20-16-29(17-21-35)6-4-27-8-12-31(13-9-27)25-39-37(47)33-2-1-3-34(24-33)38(48)40-26-32-14-10-28(11-15-32)5-7-30-18-22-36(23-19-30)42(45)46/h1-3,8-24H,25-26H2,(H,39,47)(H,40,48). The van der Waals surface area contributed by atoms with E-state index in [1.54, 1.807) is 24.3 Å². The third-order valence-corrected chi connectivity index (χ3v) is 7.82. The van der Waals surface area contributed by atoms with Crippen molar-refractivity contribution < 1.29 is 9.85 Å². The topological polar surface area (TPSA) is 110 Å². The van der Waals surface area contributed by atoms with Crippen molar-refractivity contribution in [1.29, 1.82) is 0 Å². The van der Waals surface area contributed by atoms with Gasteiger partial charge in [-0.2, -0.15) is 0 Å². The largest absolute Gasteiger partial charge is 0.372 e. The first-order valence-electron chi connectivity index (χ1n) is 14.6. The molecule has 0 aromatic heterocycles. The van der Waals surface area contributed by atoms with E-state index in [1.807, 2.05) is 72.8 Å². The van der Waals surface area contributed by atoms with Crippen LogP contribution in [0.4, 0.5) is 11.4 Å². The van der Waals surface area contributed by atoms with Crippen LogP contribution in [0.25, 0.3) is 0 Å². The molecule has 0 spiro atoms. The Labute approximate surface area is 288 Å². The highest BCUT2D eigenvalue weighted by Crippen LogP contribution is 2.14. The first kappa shape index (κ1) is 33.2. The summed E-state index contributed by atoms with van der Waals surface area (Å²) in [5, 5.41) is 28.2. The van der Waals surface area contributed by atoms with Gasteiger partial charge >= 0.3 is 0 Å². The molecule has 0 aliphatic carbocycles. The predicted octanol–water partition coefficient (Wildman–Crippen LogP) is 7.23. The van der Waals surface area contributed by atoms with Gasteiger partial charge in [-0.25, -0.2) is 0 Å². The molecule has 0 aliphatic heterocycles. The molecular weight excluding hydrogens is 641 g/mol. The zero-order valence-electron chi connectivity index (χ0n) is 25.3. The van der Waals surface area contributed by atoms with Gasteiger partial charge in [0.1, 0.15) is 9.98 Å². The number of non-ortho nitro benzene ring substituents is 2. The molecule has 0 unspecified atom stereocenters. The van der Waals surface area contributed by atoms with E-state index in [0.717, 1.165) is 33.4 Å². The predicted molar refractivity (Wildman–Crippen MR) is 195 cm³/mol. The van der Waals surface area contributed by atoms with Crippen molar-refractivity contribution in [2.75, 3.05) is 0 Å². The second-order valence-electron chi connectivity index (χ2n) is 10.4. The lowest BCUT2D eigenvalue weighted by Gasteiger charge is -2.12. The summed E-state index contributed by atoms with van der Waals surface area (Å²) in [6.45, 7) is 1.08. The summed E-state index contributed by atoms with van der Waals surface area (Å²) in [6, 6.07) is 35.6. The maximum absolute atomic E-state index is 10.8. The molecule has 0 radical (unpaired) electrons. The first-order valence-corrected chi connectivity index (χ1v) is 15.4. The Kier molecular flexibility index (Phi) is 11.0. The van der Waals surface area contributed by atoms with Crippen LogP contribution in [-0.4, -0.2) is 19.8 Å². The van der Waals surface area contributed by atoms with E-state index >= 15 is 0 Å². The molecule has 234 valence electrons. The van der Waals surface area contributed by atoms with E-state index in [-0.39, 0.29) is 11.4 Å². The lowest BCUT2D eigenvalue weighted by Crippen LogP contribution is -2.24. The fourth-order valence-electron chi connectivity index (χ4n) is 4.40. The SMILES string of the molecule is O=[N+]([O-])c1ccc(C#Cc2ccc(CNC(=S)c3cccc(C(=S)NCc4ccc(C#Cc5ccc([N+](=O)[O-])cc5)cc4)c3)cc2)cc1. The number of nitrogens with one attached hydrogen (secondary N) is 2. The smallest absolute Gasteiger partial charge is 0.269 e. The molecule has 48 heavy (non-hydrogen) atoms. The van der Waals surface area contributed by atoms with E-state index in [0.29, 0.717) is 34.2 Å². The minimum Gasteiger partial charge on any atom is -0.372 e. The number of thiocarbonyl (C=S) groups is 2. The van der Waals surface area contributed by atoms with Gasteiger partial charge in [0, 0.05) is 70.7 Å². The maximum atomic E-state index is 10.8. The Balaban J connectivity index is 1.10. The lowest BCUT2D eigenvalue weighted by atomic mass is 10.1. The zero-order valence-corrected chi connectivity index (χ0v) is 26.9. The number of rotatable bonds is 8. The second-order valence-corrected chi connectivity index (χ2v) is 11.3. The molecule has 8 nitrogen and oxygen atoms in total. The highest BCUT2D eigenvalue weighted by atomic mass is 32.1. The van der Waals surface area contributed by atoms with Crippen LogP contribution in [-0.2, 0) is 13.1 Å². The van der Waals surface area contributed by atoms with Gasteiger partial charge in [0.2, 0.25) is 0 Å². The van der Waals surface area contributed by atoms with Gasteiger partial charge in [0.05, 0.1) is 9.85 Å². The maximum Gasteiger partial charge on any atom is 0.269 e. The van der Waals surface area contributed by atoms with Crippen molar-refractivity contribution in [3.05, 3.63) is 186 Å². The van der Waals surface area contributed by atoms with Crippen molar-refractivity contribution in [1.82, 2.24) is 10.6 Å². The van der Waals surface area contributed by atoms with Crippen molar-refractivity contribution in [3.63, 3.8) is 0 Å². The van der Waals surface area contributed by atoms with E-state index < -0.39 is 9.85 Å². The van der Waals surface area contributed by atoms with Gasteiger partial charge in [-0.15, -0.1) is 0 Å². The third-order valence-electron chi connectivity index (χ3n) is 7.06. The average Bonchev–Trinajstić information content (AvgIpc) is 3.12. The Hall–Kier alpha value is -6.20. The van der Waals surface area contributed by atoms with Gasteiger partial charge in [-0.3, -0.25) is 20.2 Å². The summed E-state index contributed by atoms with van der Waals surface area (Å²) in [5.41, 5.74) is 6.92. The second kappa shape index (κ2) is 15.9. The van der Waals surface area contributed by atoms with Crippen molar-refractivity contribution >= 4 is 45.8 Å².